The Bertz CT molecular complexity index is 998. The number of benzene rings is 2. The van der Waals surface area contributed by atoms with E-state index in [1.54, 1.807) is 38.6 Å². The average Bonchev–Trinajstić information content (AvgIpc) is 2.84. The van der Waals surface area contributed by atoms with E-state index in [0.717, 1.165) is 16.8 Å². The summed E-state index contributed by atoms with van der Waals surface area (Å²) in [6.07, 6.45) is -0.129. The summed E-state index contributed by atoms with van der Waals surface area (Å²) < 4.78 is 17.1. The first-order valence-electron chi connectivity index (χ1n) is 11.3. The number of hydrogen-bond acceptors (Lipinski definition) is 7. The maximum Gasteiger partial charge on any atom is 0.155 e. The number of hydrogen-bond donors (Lipinski definition) is 3. The highest BCUT2D eigenvalue weighted by Gasteiger charge is 2.25. The van der Waals surface area contributed by atoms with Crippen LogP contribution in [0.15, 0.2) is 60.8 Å². The molecule has 0 amide bonds. The van der Waals surface area contributed by atoms with Crippen LogP contribution >= 0.6 is 0 Å². The third kappa shape index (κ3) is 7.01. The Morgan fingerprint density at radius 3 is 2.09 bits per heavy atom. The van der Waals surface area contributed by atoms with Crippen LogP contribution in [0.2, 0.25) is 0 Å². The van der Waals surface area contributed by atoms with Crippen LogP contribution in [0.4, 0.5) is 0 Å². The zero-order valence-electron chi connectivity index (χ0n) is 19.8. The molecule has 1 aromatic heterocycles. The molecule has 0 fully saturated rings. The van der Waals surface area contributed by atoms with Crippen molar-refractivity contribution < 1.29 is 29.5 Å². The van der Waals surface area contributed by atoms with Crippen LogP contribution in [0, 0.1) is 6.92 Å². The minimum atomic E-state index is -1.42. The van der Waals surface area contributed by atoms with Gasteiger partial charge in [0.1, 0.15) is 17.6 Å². The molecule has 7 nitrogen and oxygen atoms in total. The summed E-state index contributed by atoms with van der Waals surface area (Å²) in [7, 11) is 3.17. The molecule has 2 unspecified atom stereocenters. The third-order valence-corrected chi connectivity index (χ3v) is 5.75. The standard InChI is InChI=1S/C27H33NO6/c1-18-23(32-2)14-21(15-24(18)33-3)27(31)25(34-12-11-19-7-5-4-6-8-19)16-22-10-9-20(17-28-22)13-26(29)30/h4-10,14-15,17,25-27,29-31H,11-13,16H2,1-3H3. The molecule has 0 saturated carbocycles. The molecule has 182 valence electrons. The molecular formula is C27H33NO6. The zero-order valence-corrected chi connectivity index (χ0v) is 19.8. The number of methoxy groups -OCH3 is 2. The van der Waals surface area contributed by atoms with Gasteiger partial charge in [-0.05, 0) is 48.2 Å². The number of aliphatic hydroxyl groups is 3. The molecule has 0 saturated heterocycles. The molecule has 1 heterocycles. The molecule has 3 rings (SSSR count). The maximum atomic E-state index is 11.3. The fourth-order valence-electron chi connectivity index (χ4n) is 3.84. The lowest BCUT2D eigenvalue weighted by Gasteiger charge is -2.25. The fraction of sp³-hybridized carbons (Fsp3) is 0.370. The van der Waals surface area contributed by atoms with Crippen molar-refractivity contribution >= 4 is 0 Å². The first kappa shape index (κ1) is 25.6. The van der Waals surface area contributed by atoms with Crippen molar-refractivity contribution in [2.24, 2.45) is 0 Å². The van der Waals surface area contributed by atoms with Gasteiger partial charge < -0.3 is 29.5 Å². The molecule has 7 heteroatoms. The van der Waals surface area contributed by atoms with E-state index < -0.39 is 18.5 Å². The molecule has 0 aliphatic heterocycles. The van der Waals surface area contributed by atoms with Crippen LogP contribution in [-0.4, -0.2) is 53.5 Å². The molecular weight excluding hydrogens is 434 g/mol. The van der Waals surface area contributed by atoms with Gasteiger partial charge in [-0.2, -0.15) is 0 Å². The highest BCUT2D eigenvalue weighted by Crippen LogP contribution is 2.34. The fourth-order valence-corrected chi connectivity index (χ4v) is 3.84. The van der Waals surface area contributed by atoms with E-state index in [0.29, 0.717) is 42.1 Å². The zero-order chi connectivity index (χ0) is 24.5. The second-order valence-electron chi connectivity index (χ2n) is 8.19. The topological polar surface area (TPSA) is 101 Å². The summed E-state index contributed by atoms with van der Waals surface area (Å²) in [5, 5.41) is 29.7. The minimum Gasteiger partial charge on any atom is -0.496 e. The smallest absolute Gasteiger partial charge is 0.155 e. The van der Waals surface area contributed by atoms with E-state index in [9.17, 15) is 5.11 Å². The van der Waals surface area contributed by atoms with Gasteiger partial charge >= 0.3 is 0 Å². The summed E-state index contributed by atoms with van der Waals surface area (Å²) in [6, 6.07) is 17.2. The van der Waals surface area contributed by atoms with Crippen molar-refractivity contribution in [2.75, 3.05) is 20.8 Å². The summed E-state index contributed by atoms with van der Waals surface area (Å²) in [6.45, 7) is 2.33. The lowest BCUT2D eigenvalue weighted by molar-refractivity contribution is -0.0387. The number of aromatic nitrogens is 1. The molecule has 3 aromatic rings. The lowest BCUT2D eigenvalue weighted by Crippen LogP contribution is -2.26. The molecule has 2 atom stereocenters. The lowest BCUT2D eigenvalue weighted by atomic mass is 9.98. The van der Waals surface area contributed by atoms with E-state index in [-0.39, 0.29) is 6.42 Å². The highest BCUT2D eigenvalue weighted by atomic mass is 16.5. The molecule has 0 aliphatic rings. The molecule has 0 bridgehead atoms. The Kier molecular flexibility index (Phi) is 9.42. The minimum absolute atomic E-state index is 0.107. The normalized spacial score (nSPS) is 13.0. The van der Waals surface area contributed by atoms with Crippen molar-refractivity contribution in [1.29, 1.82) is 0 Å². The molecule has 0 radical (unpaired) electrons. The molecule has 2 aromatic carbocycles. The van der Waals surface area contributed by atoms with Crippen LogP contribution in [-0.2, 0) is 24.0 Å². The second-order valence-corrected chi connectivity index (χ2v) is 8.19. The van der Waals surface area contributed by atoms with Crippen LogP contribution in [0.1, 0.15) is 34.1 Å². The second kappa shape index (κ2) is 12.5. The van der Waals surface area contributed by atoms with Crippen molar-refractivity contribution in [3.63, 3.8) is 0 Å². The van der Waals surface area contributed by atoms with Crippen LogP contribution in [0.25, 0.3) is 0 Å². The van der Waals surface area contributed by atoms with E-state index in [1.165, 1.54) is 0 Å². The third-order valence-electron chi connectivity index (χ3n) is 5.75. The van der Waals surface area contributed by atoms with Gasteiger partial charge in [0.05, 0.1) is 26.9 Å². The summed E-state index contributed by atoms with van der Waals surface area (Å²) in [5.74, 6) is 1.25. The van der Waals surface area contributed by atoms with Gasteiger partial charge in [0.2, 0.25) is 0 Å². The largest absolute Gasteiger partial charge is 0.496 e. The van der Waals surface area contributed by atoms with E-state index in [4.69, 9.17) is 24.4 Å². The Labute approximate surface area is 200 Å². The predicted octanol–water partition coefficient (Wildman–Crippen LogP) is 3.16. The number of aliphatic hydroxyl groups excluding tert-OH is 2. The van der Waals surface area contributed by atoms with Gasteiger partial charge in [-0.15, -0.1) is 0 Å². The van der Waals surface area contributed by atoms with E-state index >= 15 is 0 Å². The predicted molar refractivity (Wildman–Crippen MR) is 129 cm³/mol. The van der Waals surface area contributed by atoms with Gasteiger partial charge in [0.25, 0.3) is 0 Å². The van der Waals surface area contributed by atoms with Crippen molar-refractivity contribution in [3.8, 4) is 11.5 Å². The Morgan fingerprint density at radius 2 is 1.53 bits per heavy atom. The summed E-state index contributed by atoms with van der Waals surface area (Å²) in [5.41, 5.74) is 4.08. The highest BCUT2D eigenvalue weighted by molar-refractivity contribution is 5.48. The maximum absolute atomic E-state index is 11.3. The summed E-state index contributed by atoms with van der Waals surface area (Å²) >= 11 is 0. The monoisotopic (exact) mass is 467 g/mol. The molecule has 0 spiro atoms. The van der Waals surface area contributed by atoms with Crippen LogP contribution in [0.5, 0.6) is 11.5 Å². The van der Waals surface area contributed by atoms with Gasteiger partial charge in [-0.3, -0.25) is 4.98 Å². The van der Waals surface area contributed by atoms with E-state index in [2.05, 4.69) is 4.98 Å². The SMILES string of the molecule is COc1cc(C(O)C(Cc2ccc(CC(O)O)cn2)OCCc2ccccc2)cc(OC)c1C. The first-order valence-corrected chi connectivity index (χ1v) is 11.3. The van der Waals surface area contributed by atoms with Crippen LogP contribution < -0.4 is 9.47 Å². The Hall–Kier alpha value is -2.97. The Morgan fingerprint density at radius 1 is 0.853 bits per heavy atom. The quantitative estimate of drug-likeness (QED) is 0.352. The number of nitrogens with zero attached hydrogens (tertiary/aromatic N) is 1. The van der Waals surface area contributed by atoms with Gasteiger partial charge in [0, 0.05) is 30.3 Å². The molecule has 0 aliphatic carbocycles. The number of ether oxygens (including phenoxy) is 3. The molecule has 3 N–H and O–H groups in total. The summed E-state index contributed by atoms with van der Waals surface area (Å²) in [4.78, 5) is 4.43. The van der Waals surface area contributed by atoms with Gasteiger partial charge in [0.15, 0.2) is 6.29 Å². The van der Waals surface area contributed by atoms with Gasteiger partial charge in [-0.1, -0.05) is 36.4 Å². The van der Waals surface area contributed by atoms with Crippen LogP contribution in [0.3, 0.4) is 0 Å². The van der Waals surface area contributed by atoms with Crippen molar-refractivity contribution in [3.05, 3.63) is 88.7 Å². The van der Waals surface area contributed by atoms with E-state index in [1.807, 2.05) is 43.3 Å². The first-order chi connectivity index (χ1) is 16.4. The van der Waals surface area contributed by atoms with Gasteiger partial charge in [-0.25, -0.2) is 0 Å². The number of rotatable bonds is 12. The van der Waals surface area contributed by atoms with Crippen molar-refractivity contribution in [2.45, 2.75) is 44.7 Å². The number of pyridine rings is 1. The average molecular weight is 468 g/mol. The van der Waals surface area contributed by atoms with Crippen molar-refractivity contribution in [1.82, 2.24) is 4.98 Å². The molecule has 34 heavy (non-hydrogen) atoms. The Balaban J connectivity index is 1.81.